The number of aromatic nitrogens is 1. The van der Waals surface area contributed by atoms with E-state index in [2.05, 4.69) is 22.0 Å². The van der Waals surface area contributed by atoms with Gasteiger partial charge in [0.05, 0.1) is 0 Å². The average molecular weight is 287 g/mol. The minimum Gasteiger partial charge on any atom is -0.371 e. The van der Waals surface area contributed by atoms with Crippen molar-refractivity contribution in [3.05, 3.63) is 24.5 Å². The fraction of sp³-hybridized carbons (Fsp3) is 0.647. The lowest BCUT2D eigenvalue weighted by atomic mass is 9.91. The van der Waals surface area contributed by atoms with E-state index in [1.54, 1.807) is 0 Å². The lowest BCUT2D eigenvalue weighted by molar-refractivity contribution is -0.130. The molecule has 1 aromatic heterocycles. The molecule has 0 bridgehead atoms. The van der Waals surface area contributed by atoms with E-state index in [1.165, 1.54) is 31.4 Å². The maximum atomic E-state index is 12.1. The first-order valence-corrected chi connectivity index (χ1v) is 8.25. The summed E-state index contributed by atoms with van der Waals surface area (Å²) in [4.78, 5) is 20.6. The molecule has 0 aromatic carbocycles. The minimum atomic E-state index is 0.379. The minimum absolute atomic E-state index is 0.379. The molecule has 0 spiro atoms. The first kappa shape index (κ1) is 14.4. The third kappa shape index (κ3) is 3.74. The van der Waals surface area contributed by atoms with E-state index in [0.717, 1.165) is 44.9 Å². The molecule has 2 saturated heterocycles. The summed E-state index contributed by atoms with van der Waals surface area (Å²) >= 11 is 0. The molecule has 1 aromatic rings. The first-order chi connectivity index (χ1) is 10.3. The van der Waals surface area contributed by atoms with Gasteiger partial charge in [0.25, 0.3) is 0 Å². The number of amides is 1. The summed E-state index contributed by atoms with van der Waals surface area (Å²) in [5.41, 5.74) is 1.27. The largest absolute Gasteiger partial charge is 0.371 e. The number of carbonyl (C=O) groups is 1. The average Bonchev–Trinajstić information content (AvgIpc) is 3.08. The standard InChI is InChI=1S/C17H25N3O/c21-17(20-11-1-2-12-20)4-3-15-7-13-19(14-8-15)16-5-9-18-10-6-16/h5-6,9-10,15H,1-4,7-8,11-14H2. The quantitative estimate of drug-likeness (QED) is 0.854. The highest BCUT2D eigenvalue weighted by atomic mass is 16.2. The molecule has 114 valence electrons. The highest BCUT2D eigenvalue weighted by Gasteiger charge is 2.22. The van der Waals surface area contributed by atoms with E-state index < -0.39 is 0 Å². The molecule has 21 heavy (non-hydrogen) atoms. The van der Waals surface area contributed by atoms with Crippen LogP contribution in [-0.4, -0.2) is 42.0 Å². The van der Waals surface area contributed by atoms with Crippen LogP contribution < -0.4 is 4.90 Å². The molecular weight excluding hydrogens is 262 g/mol. The van der Waals surface area contributed by atoms with Gasteiger partial charge in [0, 0.05) is 50.7 Å². The zero-order valence-corrected chi connectivity index (χ0v) is 12.7. The number of hydrogen-bond acceptors (Lipinski definition) is 3. The second-order valence-corrected chi connectivity index (χ2v) is 6.26. The summed E-state index contributed by atoms with van der Waals surface area (Å²) in [6, 6.07) is 4.16. The van der Waals surface area contributed by atoms with E-state index in [0.29, 0.717) is 5.91 Å². The Labute approximate surface area is 127 Å². The van der Waals surface area contributed by atoms with Crippen molar-refractivity contribution >= 4 is 11.6 Å². The van der Waals surface area contributed by atoms with Gasteiger partial charge in [0.2, 0.25) is 5.91 Å². The molecule has 4 nitrogen and oxygen atoms in total. The van der Waals surface area contributed by atoms with Crippen molar-refractivity contribution in [3.63, 3.8) is 0 Å². The normalized spacial score (nSPS) is 20.0. The predicted molar refractivity (Wildman–Crippen MR) is 84.2 cm³/mol. The number of hydrogen-bond donors (Lipinski definition) is 0. The molecule has 1 amide bonds. The van der Waals surface area contributed by atoms with Crippen molar-refractivity contribution in [2.24, 2.45) is 5.92 Å². The van der Waals surface area contributed by atoms with Gasteiger partial charge in [0.1, 0.15) is 0 Å². The maximum absolute atomic E-state index is 12.1. The second-order valence-electron chi connectivity index (χ2n) is 6.26. The van der Waals surface area contributed by atoms with Crippen molar-refractivity contribution in [1.29, 1.82) is 0 Å². The number of nitrogens with zero attached hydrogens (tertiary/aromatic N) is 3. The molecule has 4 heteroatoms. The van der Waals surface area contributed by atoms with Gasteiger partial charge in [0.15, 0.2) is 0 Å². The highest BCUT2D eigenvalue weighted by Crippen LogP contribution is 2.26. The number of likely N-dealkylation sites (tertiary alicyclic amines) is 1. The smallest absolute Gasteiger partial charge is 0.222 e. The molecule has 0 aliphatic carbocycles. The highest BCUT2D eigenvalue weighted by molar-refractivity contribution is 5.76. The predicted octanol–water partition coefficient (Wildman–Crippen LogP) is 2.70. The fourth-order valence-corrected chi connectivity index (χ4v) is 3.49. The van der Waals surface area contributed by atoms with Crippen LogP contribution in [0.3, 0.4) is 0 Å². The Morgan fingerprint density at radius 3 is 2.43 bits per heavy atom. The summed E-state index contributed by atoms with van der Waals surface area (Å²) in [7, 11) is 0. The zero-order chi connectivity index (χ0) is 14.5. The SMILES string of the molecule is O=C(CCC1CCN(c2ccncc2)CC1)N1CCCC1. The molecular formula is C17H25N3O. The van der Waals surface area contributed by atoms with Gasteiger partial charge in [-0.2, -0.15) is 0 Å². The Hall–Kier alpha value is -1.58. The Kier molecular flexibility index (Phi) is 4.73. The van der Waals surface area contributed by atoms with Crippen LogP contribution in [0.15, 0.2) is 24.5 Å². The molecule has 0 N–H and O–H groups in total. The van der Waals surface area contributed by atoms with E-state index in [9.17, 15) is 4.79 Å². The van der Waals surface area contributed by atoms with Gasteiger partial charge in [-0.15, -0.1) is 0 Å². The van der Waals surface area contributed by atoms with E-state index in [4.69, 9.17) is 0 Å². The topological polar surface area (TPSA) is 36.4 Å². The van der Waals surface area contributed by atoms with Crippen LogP contribution in [0.2, 0.25) is 0 Å². The molecule has 2 fully saturated rings. The number of rotatable bonds is 4. The van der Waals surface area contributed by atoms with Crippen LogP contribution in [-0.2, 0) is 4.79 Å². The van der Waals surface area contributed by atoms with Gasteiger partial charge in [-0.25, -0.2) is 0 Å². The van der Waals surface area contributed by atoms with Crippen molar-refractivity contribution in [1.82, 2.24) is 9.88 Å². The van der Waals surface area contributed by atoms with Gasteiger partial charge in [-0.05, 0) is 50.2 Å². The number of piperidine rings is 1. The lowest BCUT2D eigenvalue weighted by Gasteiger charge is -2.33. The van der Waals surface area contributed by atoms with E-state index in [-0.39, 0.29) is 0 Å². The van der Waals surface area contributed by atoms with Gasteiger partial charge in [-0.1, -0.05) is 0 Å². The Morgan fingerprint density at radius 2 is 1.76 bits per heavy atom. The van der Waals surface area contributed by atoms with Crippen LogP contribution in [0.5, 0.6) is 0 Å². The zero-order valence-electron chi connectivity index (χ0n) is 12.7. The van der Waals surface area contributed by atoms with Crippen LogP contribution >= 0.6 is 0 Å². The monoisotopic (exact) mass is 287 g/mol. The van der Waals surface area contributed by atoms with Crippen LogP contribution in [0.1, 0.15) is 38.5 Å². The van der Waals surface area contributed by atoms with Gasteiger partial charge >= 0.3 is 0 Å². The van der Waals surface area contributed by atoms with Gasteiger partial charge in [-0.3, -0.25) is 9.78 Å². The molecule has 3 rings (SSSR count). The maximum Gasteiger partial charge on any atom is 0.222 e. The summed E-state index contributed by atoms with van der Waals surface area (Å²) in [5, 5.41) is 0. The van der Waals surface area contributed by atoms with Crippen LogP contribution in [0.4, 0.5) is 5.69 Å². The van der Waals surface area contributed by atoms with Crippen molar-refractivity contribution in [3.8, 4) is 0 Å². The van der Waals surface area contributed by atoms with E-state index >= 15 is 0 Å². The molecule has 0 atom stereocenters. The summed E-state index contributed by atoms with van der Waals surface area (Å²) in [6.45, 7) is 4.18. The number of carbonyl (C=O) groups excluding carboxylic acids is 1. The summed E-state index contributed by atoms with van der Waals surface area (Å²) in [6.07, 6.45) is 10.3. The third-order valence-corrected chi connectivity index (χ3v) is 4.87. The molecule has 2 aliphatic heterocycles. The van der Waals surface area contributed by atoms with Crippen molar-refractivity contribution in [2.75, 3.05) is 31.1 Å². The molecule has 3 heterocycles. The molecule has 0 saturated carbocycles. The molecule has 0 radical (unpaired) electrons. The lowest BCUT2D eigenvalue weighted by Crippen LogP contribution is -2.34. The second kappa shape index (κ2) is 6.92. The van der Waals surface area contributed by atoms with Crippen LogP contribution in [0, 0.1) is 5.92 Å². The fourth-order valence-electron chi connectivity index (χ4n) is 3.49. The van der Waals surface area contributed by atoms with Crippen LogP contribution in [0.25, 0.3) is 0 Å². The molecule has 2 aliphatic rings. The molecule has 0 unspecified atom stereocenters. The van der Waals surface area contributed by atoms with Crippen molar-refractivity contribution < 1.29 is 4.79 Å². The summed E-state index contributed by atoms with van der Waals surface area (Å²) < 4.78 is 0. The number of pyridine rings is 1. The van der Waals surface area contributed by atoms with Gasteiger partial charge < -0.3 is 9.80 Å². The Bertz CT molecular complexity index is 448. The first-order valence-electron chi connectivity index (χ1n) is 8.25. The Balaban J connectivity index is 1.40. The third-order valence-electron chi connectivity index (χ3n) is 4.87. The van der Waals surface area contributed by atoms with E-state index in [1.807, 2.05) is 17.3 Å². The number of anilines is 1. The Morgan fingerprint density at radius 1 is 1.10 bits per heavy atom. The summed E-state index contributed by atoms with van der Waals surface area (Å²) in [5.74, 6) is 1.10. The van der Waals surface area contributed by atoms with Crippen molar-refractivity contribution in [2.45, 2.75) is 38.5 Å².